The van der Waals surface area contributed by atoms with Gasteiger partial charge >= 0.3 is 0 Å². The molecule has 1 amide bonds. The topological polar surface area (TPSA) is 87.3 Å². The molecule has 0 aliphatic rings. The molecule has 140 valence electrons. The predicted octanol–water partition coefficient (Wildman–Crippen LogP) is 2.44. The Morgan fingerprint density at radius 3 is 2.35 bits per heavy atom. The van der Waals surface area contributed by atoms with Gasteiger partial charge in [-0.3, -0.25) is 9.52 Å². The minimum Gasteiger partial charge on any atom is -0.350 e. The van der Waals surface area contributed by atoms with Crippen molar-refractivity contribution in [3.8, 4) is 0 Å². The number of benzene rings is 2. The molecule has 2 rings (SSSR count). The Morgan fingerprint density at radius 2 is 1.73 bits per heavy atom. The number of aryl methyl sites for hydroxylation is 2. The molecule has 7 heteroatoms. The summed E-state index contributed by atoms with van der Waals surface area (Å²) in [6, 6.07) is 11.7. The minimum absolute atomic E-state index is 0.0514. The van der Waals surface area contributed by atoms with Crippen LogP contribution in [0, 0.1) is 13.8 Å². The summed E-state index contributed by atoms with van der Waals surface area (Å²) in [7, 11) is -1.97. The van der Waals surface area contributed by atoms with Gasteiger partial charge in [-0.15, -0.1) is 0 Å². The minimum atomic E-state index is -3.78. The van der Waals surface area contributed by atoms with Crippen molar-refractivity contribution < 1.29 is 13.2 Å². The first-order chi connectivity index (χ1) is 12.2. The van der Waals surface area contributed by atoms with Crippen molar-refractivity contribution in [1.29, 1.82) is 0 Å². The molecule has 0 radical (unpaired) electrons. The van der Waals surface area contributed by atoms with Gasteiger partial charge in [0.1, 0.15) is 0 Å². The monoisotopic (exact) mass is 375 g/mol. The normalized spacial score (nSPS) is 12.5. The summed E-state index contributed by atoms with van der Waals surface area (Å²) < 4.78 is 27.8. The van der Waals surface area contributed by atoms with Crippen molar-refractivity contribution in [2.45, 2.75) is 31.7 Å². The van der Waals surface area contributed by atoms with Crippen LogP contribution in [0.4, 0.5) is 5.69 Å². The highest BCUT2D eigenvalue weighted by Gasteiger charge is 2.18. The molecule has 0 aliphatic carbocycles. The molecule has 3 N–H and O–H groups in total. The average molecular weight is 375 g/mol. The van der Waals surface area contributed by atoms with Gasteiger partial charge in [0, 0.05) is 23.8 Å². The van der Waals surface area contributed by atoms with Crippen molar-refractivity contribution in [2.24, 2.45) is 0 Å². The van der Waals surface area contributed by atoms with E-state index >= 15 is 0 Å². The first-order valence-electron chi connectivity index (χ1n) is 8.38. The fourth-order valence-corrected chi connectivity index (χ4v) is 3.38. The van der Waals surface area contributed by atoms with Crippen LogP contribution < -0.4 is 15.4 Å². The molecular formula is C19H25N3O3S. The standard InChI is InChI=1S/C19H25N3O3S/c1-13-5-8-16(9-6-13)22-26(24,25)17-10-7-14(2)18(11-17)19(23)21-12-15(3)20-4/h5-11,15,20,22H,12H2,1-4H3,(H,21,23). The molecule has 0 heterocycles. The zero-order chi connectivity index (χ0) is 19.3. The van der Waals surface area contributed by atoms with Gasteiger partial charge in [0.2, 0.25) is 0 Å². The summed E-state index contributed by atoms with van der Waals surface area (Å²) in [6.07, 6.45) is 0. The highest BCUT2D eigenvalue weighted by atomic mass is 32.2. The smallest absolute Gasteiger partial charge is 0.261 e. The predicted molar refractivity (Wildman–Crippen MR) is 104 cm³/mol. The molecule has 1 atom stereocenters. The number of hydrogen-bond donors (Lipinski definition) is 3. The van der Waals surface area contributed by atoms with Gasteiger partial charge < -0.3 is 10.6 Å². The molecule has 0 saturated heterocycles. The van der Waals surface area contributed by atoms with Gasteiger partial charge in [0.25, 0.3) is 15.9 Å². The first kappa shape index (κ1) is 19.9. The lowest BCUT2D eigenvalue weighted by Gasteiger charge is -2.14. The quantitative estimate of drug-likeness (QED) is 0.694. The second-order valence-corrected chi connectivity index (χ2v) is 8.03. The Bertz CT molecular complexity index is 877. The summed E-state index contributed by atoms with van der Waals surface area (Å²) in [5, 5.41) is 5.84. The van der Waals surface area contributed by atoms with Crippen molar-refractivity contribution in [3.63, 3.8) is 0 Å². The van der Waals surface area contributed by atoms with Gasteiger partial charge in [0.05, 0.1) is 4.90 Å². The second-order valence-electron chi connectivity index (χ2n) is 6.35. The van der Waals surface area contributed by atoms with Crippen LogP contribution in [0.3, 0.4) is 0 Å². The lowest BCUT2D eigenvalue weighted by Crippen LogP contribution is -2.37. The van der Waals surface area contributed by atoms with E-state index < -0.39 is 10.0 Å². The van der Waals surface area contributed by atoms with Crippen molar-refractivity contribution in [3.05, 3.63) is 59.2 Å². The van der Waals surface area contributed by atoms with Gasteiger partial charge in [-0.1, -0.05) is 23.8 Å². The Balaban J connectivity index is 2.24. The van der Waals surface area contributed by atoms with Gasteiger partial charge in [0.15, 0.2) is 0 Å². The summed E-state index contributed by atoms with van der Waals surface area (Å²) >= 11 is 0. The Kier molecular flexibility index (Phi) is 6.39. The van der Waals surface area contributed by atoms with E-state index in [4.69, 9.17) is 0 Å². The molecule has 6 nitrogen and oxygen atoms in total. The van der Waals surface area contributed by atoms with Crippen molar-refractivity contribution in [2.75, 3.05) is 18.3 Å². The SMILES string of the molecule is CNC(C)CNC(=O)c1cc(S(=O)(=O)Nc2ccc(C)cc2)ccc1C. The summed E-state index contributed by atoms with van der Waals surface area (Å²) in [4.78, 5) is 12.5. The number of amides is 1. The molecule has 0 spiro atoms. The Hall–Kier alpha value is -2.38. The molecule has 0 bridgehead atoms. The summed E-state index contributed by atoms with van der Waals surface area (Å²) in [6.45, 7) is 6.10. The molecule has 26 heavy (non-hydrogen) atoms. The third-order valence-electron chi connectivity index (χ3n) is 4.13. The number of rotatable bonds is 7. The zero-order valence-corrected chi connectivity index (χ0v) is 16.3. The average Bonchev–Trinajstić information content (AvgIpc) is 2.61. The number of sulfonamides is 1. The maximum absolute atomic E-state index is 12.6. The van der Waals surface area contributed by atoms with Crippen LogP contribution in [-0.4, -0.2) is 34.0 Å². The van der Waals surface area contributed by atoms with Gasteiger partial charge in [-0.2, -0.15) is 0 Å². The number of hydrogen-bond acceptors (Lipinski definition) is 4. The number of carbonyl (C=O) groups is 1. The second kappa shape index (κ2) is 8.33. The highest BCUT2D eigenvalue weighted by molar-refractivity contribution is 7.92. The van der Waals surface area contributed by atoms with E-state index in [0.717, 1.165) is 5.56 Å². The number of carbonyl (C=O) groups excluding carboxylic acids is 1. The number of nitrogens with one attached hydrogen (secondary N) is 3. The van der Waals surface area contributed by atoms with E-state index in [1.807, 2.05) is 33.0 Å². The first-order valence-corrected chi connectivity index (χ1v) is 9.87. The van der Waals surface area contributed by atoms with E-state index in [9.17, 15) is 13.2 Å². The summed E-state index contributed by atoms with van der Waals surface area (Å²) in [5.41, 5.74) is 2.58. The van der Waals surface area contributed by atoms with Crippen LogP contribution in [0.15, 0.2) is 47.4 Å². The zero-order valence-electron chi connectivity index (χ0n) is 15.5. The van der Waals surface area contributed by atoms with Gasteiger partial charge in [-0.05, 0) is 57.6 Å². The highest BCUT2D eigenvalue weighted by Crippen LogP contribution is 2.19. The number of anilines is 1. The third kappa shape index (κ3) is 5.06. The van der Waals surface area contributed by atoms with Crippen LogP contribution in [-0.2, 0) is 10.0 Å². The van der Waals surface area contributed by atoms with Crippen LogP contribution in [0.5, 0.6) is 0 Å². The fraction of sp³-hybridized carbons (Fsp3) is 0.316. The van der Waals surface area contributed by atoms with E-state index in [1.165, 1.54) is 12.1 Å². The van der Waals surface area contributed by atoms with Gasteiger partial charge in [-0.25, -0.2) is 8.42 Å². The number of likely N-dealkylation sites (N-methyl/N-ethyl adjacent to an activating group) is 1. The Labute approximate surface area is 155 Å². The lowest BCUT2D eigenvalue weighted by molar-refractivity contribution is 0.0949. The molecule has 0 fully saturated rings. The van der Waals surface area contributed by atoms with Crippen LogP contribution in [0.2, 0.25) is 0 Å². The van der Waals surface area contributed by atoms with E-state index in [0.29, 0.717) is 23.4 Å². The maximum Gasteiger partial charge on any atom is 0.261 e. The largest absolute Gasteiger partial charge is 0.350 e. The maximum atomic E-state index is 12.6. The summed E-state index contributed by atoms with van der Waals surface area (Å²) in [5.74, 6) is -0.294. The molecule has 2 aromatic carbocycles. The molecule has 2 aromatic rings. The Morgan fingerprint density at radius 1 is 1.08 bits per heavy atom. The van der Waals surface area contributed by atoms with Crippen LogP contribution in [0.1, 0.15) is 28.4 Å². The van der Waals surface area contributed by atoms with Crippen molar-refractivity contribution >= 4 is 21.6 Å². The van der Waals surface area contributed by atoms with Crippen LogP contribution in [0.25, 0.3) is 0 Å². The molecule has 1 unspecified atom stereocenters. The molecule has 0 saturated carbocycles. The van der Waals surface area contributed by atoms with E-state index in [2.05, 4.69) is 15.4 Å². The molecule has 0 aliphatic heterocycles. The fourth-order valence-electron chi connectivity index (χ4n) is 2.29. The lowest BCUT2D eigenvalue weighted by atomic mass is 10.1. The third-order valence-corrected chi connectivity index (χ3v) is 5.51. The van der Waals surface area contributed by atoms with Crippen LogP contribution >= 0.6 is 0 Å². The molecule has 0 aromatic heterocycles. The van der Waals surface area contributed by atoms with E-state index in [1.54, 1.807) is 25.1 Å². The molecular weight excluding hydrogens is 350 g/mol. The van der Waals surface area contributed by atoms with E-state index in [-0.39, 0.29) is 16.8 Å². The van der Waals surface area contributed by atoms with Crippen molar-refractivity contribution in [1.82, 2.24) is 10.6 Å².